The molecule has 20 heavy (non-hydrogen) atoms. The van der Waals surface area contributed by atoms with Gasteiger partial charge in [0.2, 0.25) is 0 Å². The van der Waals surface area contributed by atoms with Crippen LogP contribution in [0.4, 0.5) is 5.69 Å². The summed E-state index contributed by atoms with van der Waals surface area (Å²) in [7, 11) is 1.61. The van der Waals surface area contributed by atoms with Crippen molar-refractivity contribution >= 4 is 17.3 Å². The van der Waals surface area contributed by atoms with Gasteiger partial charge in [0.15, 0.2) is 11.5 Å². The number of benzene rings is 2. The smallest absolute Gasteiger partial charge is 0.162 e. The molecule has 2 aromatic rings. The van der Waals surface area contributed by atoms with Crippen molar-refractivity contribution in [2.45, 2.75) is 13.5 Å². The molecule has 0 amide bonds. The van der Waals surface area contributed by atoms with E-state index in [1.165, 1.54) is 0 Å². The molecule has 0 spiro atoms. The summed E-state index contributed by atoms with van der Waals surface area (Å²) in [6.45, 7) is 3.16. The van der Waals surface area contributed by atoms with E-state index in [-0.39, 0.29) is 0 Å². The number of hydrogen-bond acceptors (Lipinski definition) is 3. The Morgan fingerprint density at radius 1 is 1.10 bits per heavy atom. The molecule has 2 aromatic carbocycles. The average Bonchev–Trinajstić information content (AvgIpc) is 2.48. The molecule has 0 fully saturated rings. The van der Waals surface area contributed by atoms with Gasteiger partial charge in [-0.1, -0.05) is 29.8 Å². The molecule has 0 bridgehead atoms. The van der Waals surface area contributed by atoms with Crippen LogP contribution in [0.25, 0.3) is 0 Å². The lowest BCUT2D eigenvalue weighted by molar-refractivity contribution is 0.310. The first kappa shape index (κ1) is 14.5. The highest BCUT2D eigenvalue weighted by Crippen LogP contribution is 2.33. The summed E-state index contributed by atoms with van der Waals surface area (Å²) in [6.07, 6.45) is 0. The number of para-hydroxylation sites is 1. The second-order valence-electron chi connectivity index (χ2n) is 4.25. The van der Waals surface area contributed by atoms with Crippen LogP contribution < -0.4 is 14.8 Å². The molecule has 1 N–H and O–H groups in total. The average molecular weight is 292 g/mol. The Kier molecular flexibility index (Phi) is 5.13. The van der Waals surface area contributed by atoms with E-state index in [9.17, 15) is 0 Å². The highest BCUT2D eigenvalue weighted by atomic mass is 35.5. The summed E-state index contributed by atoms with van der Waals surface area (Å²) >= 11 is 6.27. The van der Waals surface area contributed by atoms with Crippen LogP contribution in [0.2, 0.25) is 5.02 Å². The largest absolute Gasteiger partial charge is 0.493 e. The molecule has 0 unspecified atom stereocenters. The van der Waals surface area contributed by atoms with Crippen molar-refractivity contribution in [3.8, 4) is 11.5 Å². The van der Waals surface area contributed by atoms with E-state index in [0.717, 1.165) is 11.3 Å². The molecule has 0 aliphatic rings. The van der Waals surface area contributed by atoms with Gasteiger partial charge in [-0.25, -0.2) is 0 Å². The predicted molar refractivity (Wildman–Crippen MR) is 82.9 cm³/mol. The summed E-state index contributed by atoms with van der Waals surface area (Å²) in [5.74, 6) is 1.37. The molecule has 0 aliphatic heterocycles. The Morgan fingerprint density at radius 3 is 2.50 bits per heavy atom. The van der Waals surface area contributed by atoms with E-state index in [4.69, 9.17) is 21.1 Å². The first-order valence-corrected chi connectivity index (χ1v) is 6.90. The van der Waals surface area contributed by atoms with Gasteiger partial charge in [-0.2, -0.15) is 0 Å². The van der Waals surface area contributed by atoms with Gasteiger partial charge >= 0.3 is 0 Å². The van der Waals surface area contributed by atoms with E-state index in [0.29, 0.717) is 29.7 Å². The van der Waals surface area contributed by atoms with Crippen LogP contribution in [0.15, 0.2) is 42.5 Å². The van der Waals surface area contributed by atoms with Crippen molar-refractivity contribution in [2.24, 2.45) is 0 Å². The number of rotatable bonds is 6. The van der Waals surface area contributed by atoms with E-state index in [2.05, 4.69) is 5.32 Å². The predicted octanol–water partition coefficient (Wildman–Crippen LogP) is 4.36. The van der Waals surface area contributed by atoms with Crippen molar-refractivity contribution in [2.75, 3.05) is 19.0 Å². The van der Waals surface area contributed by atoms with E-state index < -0.39 is 0 Å². The third-order valence-electron chi connectivity index (χ3n) is 2.89. The van der Waals surface area contributed by atoms with Crippen LogP contribution in [-0.2, 0) is 6.54 Å². The Balaban J connectivity index is 2.16. The van der Waals surface area contributed by atoms with Crippen molar-refractivity contribution in [3.63, 3.8) is 0 Å². The molecule has 2 rings (SSSR count). The van der Waals surface area contributed by atoms with E-state index in [1.807, 2.05) is 43.3 Å². The molecule has 4 heteroatoms. The maximum Gasteiger partial charge on any atom is 0.162 e. The van der Waals surface area contributed by atoms with Crippen molar-refractivity contribution < 1.29 is 9.47 Å². The summed E-state index contributed by atoms with van der Waals surface area (Å²) in [5, 5.41) is 3.99. The molecule has 0 radical (unpaired) electrons. The third-order valence-corrected chi connectivity index (χ3v) is 3.24. The van der Waals surface area contributed by atoms with E-state index in [1.54, 1.807) is 13.2 Å². The van der Waals surface area contributed by atoms with Crippen LogP contribution in [0.5, 0.6) is 11.5 Å². The Hall–Kier alpha value is -1.87. The zero-order valence-corrected chi connectivity index (χ0v) is 12.4. The van der Waals surface area contributed by atoms with Crippen LogP contribution in [0.3, 0.4) is 0 Å². The van der Waals surface area contributed by atoms with Gasteiger partial charge in [-0.05, 0) is 30.7 Å². The highest BCUT2D eigenvalue weighted by Gasteiger charge is 2.10. The Bertz CT molecular complexity index is 558. The lowest BCUT2D eigenvalue weighted by Crippen LogP contribution is -2.02. The lowest BCUT2D eigenvalue weighted by Gasteiger charge is -2.14. The zero-order valence-electron chi connectivity index (χ0n) is 11.7. The summed E-state index contributed by atoms with van der Waals surface area (Å²) in [4.78, 5) is 0. The van der Waals surface area contributed by atoms with Crippen LogP contribution in [0.1, 0.15) is 12.5 Å². The van der Waals surface area contributed by atoms with Crippen LogP contribution >= 0.6 is 11.6 Å². The quantitative estimate of drug-likeness (QED) is 0.858. The van der Waals surface area contributed by atoms with Crippen molar-refractivity contribution in [1.82, 2.24) is 0 Å². The molecule has 106 valence electrons. The second kappa shape index (κ2) is 7.06. The number of hydrogen-bond donors (Lipinski definition) is 1. The summed E-state index contributed by atoms with van der Waals surface area (Å²) in [5.41, 5.74) is 2.03. The zero-order chi connectivity index (χ0) is 14.4. The minimum atomic E-state index is 0.587. The molecule has 0 heterocycles. The van der Waals surface area contributed by atoms with Crippen LogP contribution in [-0.4, -0.2) is 13.7 Å². The number of ether oxygens (including phenoxy) is 2. The topological polar surface area (TPSA) is 30.5 Å². The summed E-state index contributed by atoms with van der Waals surface area (Å²) in [6, 6.07) is 13.7. The fraction of sp³-hybridized carbons (Fsp3) is 0.250. The minimum Gasteiger partial charge on any atom is -0.493 e. The minimum absolute atomic E-state index is 0.587. The highest BCUT2D eigenvalue weighted by molar-refractivity contribution is 6.31. The second-order valence-corrected chi connectivity index (χ2v) is 4.65. The number of halogens is 1. The lowest BCUT2D eigenvalue weighted by atomic mass is 10.2. The van der Waals surface area contributed by atoms with Gasteiger partial charge in [0.25, 0.3) is 0 Å². The maximum absolute atomic E-state index is 6.27. The van der Waals surface area contributed by atoms with Gasteiger partial charge in [0, 0.05) is 23.3 Å². The molecule has 0 aliphatic carbocycles. The normalized spacial score (nSPS) is 10.2. The molecule has 0 saturated carbocycles. The first-order chi connectivity index (χ1) is 9.74. The number of nitrogens with one attached hydrogen (secondary N) is 1. The maximum atomic E-state index is 6.27. The van der Waals surface area contributed by atoms with Gasteiger partial charge in [0.05, 0.1) is 13.7 Å². The van der Waals surface area contributed by atoms with Crippen LogP contribution in [0, 0.1) is 0 Å². The van der Waals surface area contributed by atoms with Gasteiger partial charge < -0.3 is 14.8 Å². The molecule has 0 atom stereocenters. The molecular formula is C16H18ClNO2. The fourth-order valence-electron chi connectivity index (χ4n) is 1.89. The Morgan fingerprint density at radius 2 is 1.85 bits per heavy atom. The third kappa shape index (κ3) is 3.58. The molecular weight excluding hydrogens is 274 g/mol. The SMILES string of the molecule is CCOc1cc(CNc2ccccc2)c(Cl)cc1OC. The monoisotopic (exact) mass is 291 g/mol. The van der Waals surface area contributed by atoms with E-state index >= 15 is 0 Å². The van der Waals surface area contributed by atoms with Crippen molar-refractivity contribution in [3.05, 3.63) is 53.1 Å². The first-order valence-electron chi connectivity index (χ1n) is 6.52. The van der Waals surface area contributed by atoms with Gasteiger partial charge in [0.1, 0.15) is 0 Å². The van der Waals surface area contributed by atoms with Gasteiger partial charge in [-0.15, -0.1) is 0 Å². The Labute approximate surface area is 124 Å². The fourth-order valence-corrected chi connectivity index (χ4v) is 2.11. The van der Waals surface area contributed by atoms with Gasteiger partial charge in [-0.3, -0.25) is 0 Å². The summed E-state index contributed by atoms with van der Waals surface area (Å²) < 4.78 is 10.8. The molecule has 0 saturated heterocycles. The standard InChI is InChI=1S/C16H18ClNO2/c1-3-20-16-9-12(14(17)10-15(16)19-2)11-18-13-7-5-4-6-8-13/h4-10,18H,3,11H2,1-2H3. The molecule has 0 aromatic heterocycles. The molecule has 3 nitrogen and oxygen atoms in total. The number of methoxy groups -OCH3 is 1. The van der Waals surface area contributed by atoms with Crippen molar-refractivity contribution in [1.29, 1.82) is 0 Å². The number of anilines is 1.